The number of hydrogen-bond acceptors (Lipinski definition) is 7. The molecule has 0 saturated heterocycles. The zero-order valence-electron chi connectivity index (χ0n) is 24.3. The minimum absolute atomic E-state index is 0.0582. The van der Waals surface area contributed by atoms with Gasteiger partial charge in [0.2, 0.25) is 0 Å². The Hall–Kier alpha value is -0.650. The highest BCUT2D eigenvalue weighted by Gasteiger charge is 2.17. The molecule has 224 valence electrons. The van der Waals surface area contributed by atoms with E-state index >= 15 is 0 Å². The number of carbonyl (C=O) groups is 2. The van der Waals surface area contributed by atoms with E-state index in [9.17, 15) is 14.2 Å². The zero-order chi connectivity index (χ0) is 27.9. The Kier molecular flexibility index (Phi) is 30.4. The average Bonchev–Trinajstić information content (AvgIpc) is 2.91. The van der Waals surface area contributed by atoms with Gasteiger partial charge in [-0.05, 0) is 25.0 Å². The van der Waals surface area contributed by atoms with Gasteiger partial charge in [0, 0.05) is 12.8 Å². The van der Waals surface area contributed by atoms with E-state index in [1.54, 1.807) is 0 Å². The minimum Gasteiger partial charge on any atom is -0.462 e. The van der Waals surface area contributed by atoms with Gasteiger partial charge in [-0.1, -0.05) is 122 Å². The number of esters is 2. The second-order valence-electron chi connectivity index (χ2n) is 10.5. The quantitative estimate of drug-likeness (QED) is 0.0397. The SMILES string of the molecule is CCCCCCCCCCCCC(=O)O[C@@H](COP=O)COC(=O)CCCCCCCCCCCCCS. The highest BCUT2D eigenvalue weighted by atomic mass is 32.1. The van der Waals surface area contributed by atoms with Crippen LogP contribution in [0.4, 0.5) is 0 Å². The fraction of sp³-hybridized carbons (Fsp3) is 0.933. The summed E-state index contributed by atoms with van der Waals surface area (Å²) >= 11 is 4.24. The van der Waals surface area contributed by atoms with Crippen molar-refractivity contribution >= 4 is 33.3 Å². The minimum atomic E-state index is -0.728. The molecule has 0 aliphatic heterocycles. The molecule has 0 unspecified atom stereocenters. The number of thiol groups is 1. The van der Waals surface area contributed by atoms with Gasteiger partial charge in [-0.2, -0.15) is 12.6 Å². The molecule has 0 aliphatic carbocycles. The zero-order valence-corrected chi connectivity index (χ0v) is 26.1. The average molecular weight is 577 g/mol. The number of unbranched alkanes of at least 4 members (excludes halogenated alkanes) is 19. The Morgan fingerprint density at radius 2 is 1.03 bits per heavy atom. The number of hydrogen-bond donors (Lipinski definition) is 1. The fourth-order valence-electron chi connectivity index (χ4n) is 4.46. The van der Waals surface area contributed by atoms with Crippen molar-refractivity contribution in [2.45, 2.75) is 161 Å². The maximum absolute atomic E-state index is 12.2. The third-order valence-corrected chi connectivity index (χ3v) is 7.39. The van der Waals surface area contributed by atoms with Crippen molar-refractivity contribution in [3.63, 3.8) is 0 Å². The largest absolute Gasteiger partial charge is 0.462 e. The lowest BCUT2D eigenvalue weighted by Gasteiger charge is -2.16. The number of ether oxygens (including phenoxy) is 2. The highest BCUT2D eigenvalue weighted by Crippen LogP contribution is 2.14. The van der Waals surface area contributed by atoms with E-state index in [0.717, 1.165) is 44.3 Å². The molecule has 0 aromatic carbocycles. The van der Waals surface area contributed by atoms with Crippen molar-refractivity contribution in [2.24, 2.45) is 0 Å². The standard InChI is InChI=1S/C30H57O6PS/c1-2-3-4-5-6-7-11-15-18-21-24-30(32)36-28(27-35-37-33)26-34-29(31)23-20-17-14-12-9-8-10-13-16-19-22-25-38/h28,38H,2-27H2,1H3/t28-/m1/s1. The van der Waals surface area contributed by atoms with Gasteiger partial charge < -0.3 is 9.47 Å². The molecule has 0 aliphatic rings. The van der Waals surface area contributed by atoms with E-state index in [4.69, 9.17) is 14.0 Å². The van der Waals surface area contributed by atoms with Crippen molar-refractivity contribution in [3.8, 4) is 0 Å². The summed E-state index contributed by atoms with van der Waals surface area (Å²) in [4.78, 5) is 24.3. The molecular formula is C30H57O6PS. The molecule has 0 bridgehead atoms. The van der Waals surface area contributed by atoms with Crippen molar-refractivity contribution in [3.05, 3.63) is 0 Å². The summed E-state index contributed by atoms with van der Waals surface area (Å²) in [5.74, 6) is 0.382. The van der Waals surface area contributed by atoms with Crippen LogP contribution in [-0.4, -0.2) is 37.0 Å². The second kappa shape index (κ2) is 30.9. The van der Waals surface area contributed by atoms with Crippen molar-refractivity contribution in [2.75, 3.05) is 19.0 Å². The predicted molar refractivity (Wildman–Crippen MR) is 160 cm³/mol. The van der Waals surface area contributed by atoms with Gasteiger partial charge in [0.15, 0.2) is 6.10 Å². The summed E-state index contributed by atoms with van der Waals surface area (Å²) < 4.78 is 26.2. The van der Waals surface area contributed by atoms with E-state index in [-0.39, 0.29) is 25.2 Å². The Bertz CT molecular complexity index is 549. The molecule has 0 heterocycles. The van der Waals surface area contributed by atoms with Crippen LogP contribution in [0.5, 0.6) is 0 Å². The van der Waals surface area contributed by atoms with Gasteiger partial charge in [-0.3, -0.25) is 14.1 Å². The molecular weight excluding hydrogens is 519 g/mol. The van der Waals surface area contributed by atoms with Gasteiger partial charge >= 0.3 is 20.6 Å². The summed E-state index contributed by atoms with van der Waals surface area (Å²) in [6.45, 7) is 2.11. The van der Waals surface area contributed by atoms with Gasteiger partial charge in [0.1, 0.15) is 13.2 Å². The molecule has 0 radical (unpaired) electrons. The third kappa shape index (κ3) is 28.4. The molecule has 0 aromatic rings. The van der Waals surface area contributed by atoms with E-state index in [2.05, 4.69) is 19.6 Å². The van der Waals surface area contributed by atoms with Crippen LogP contribution >= 0.6 is 21.3 Å². The van der Waals surface area contributed by atoms with Gasteiger partial charge in [-0.15, -0.1) is 0 Å². The van der Waals surface area contributed by atoms with Gasteiger partial charge in [-0.25, -0.2) is 4.57 Å². The van der Waals surface area contributed by atoms with Crippen LogP contribution in [0, 0.1) is 0 Å². The van der Waals surface area contributed by atoms with Crippen LogP contribution in [0.2, 0.25) is 0 Å². The lowest BCUT2D eigenvalue weighted by molar-refractivity contribution is -0.160. The predicted octanol–water partition coefficient (Wildman–Crippen LogP) is 9.59. The molecule has 38 heavy (non-hydrogen) atoms. The Morgan fingerprint density at radius 1 is 0.605 bits per heavy atom. The van der Waals surface area contributed by atoms with Crippen LogP contribution in [0.1, 0.15) is 155 Å². The lowest BCUT2D eigenvalue weighted by atomic mass is 10.1. The Balaban J connectivity index is 3.78. The van der Waals surface area contributed by atoms with Crippen LogP contribution in [-0.2, 0) is 28.2 Å². The Labute approximate surface area is 240 Å². The second-order valence-corrected chi connectivity index (χ2v) is 11.3. The number of carbonyl (C=O) groups excluding carboxylic acids is 2. The first kappa shape index (κ1) is 37.4. The summed E-state index contributed by atoms with van der Waals surface area (Å²) in [5, 5.41) is 0. The normalized spacial score (nSPS) is 12.1. The first-order chi connectivity index (χ1) is 18.6. The molecule has 6 nitrogen and oxygen atoms in total. The molecule has 0 saturated carbocycles. The summed E-state index contributed by atoms with van der Waals surface area (Å²) in [7, 11) is -0.484. The third-order valence-electron chi connectivity index (χ3n) is 6.81. The first-order valence-corrected chi connectivity index (χ1v) is 16.9. The first-order valence-electron chi connectivity index (χ1n) is 15.5. The molecule has 0 rings (SSSR count). The van der Waals surface area contributed by atoms with Gasteiger partial charge in [0.25, 0.3) is 0 Å². The molecule has 0 spiro atoms. The van der Waals surface area contributed by atoms with Crippen LogP contribution in [0.15, 0.2) is 0 Å². The summed E-state index contributed by atoms with van der Waals surface area (Å²) in [5.41, 5.74) is 0. The monoisotopic (exact) mass is 576 g/mol. The van der Waals surface area contributed by atoms with E-state index in [1.807, 2.05) is 0 Å². The van der Waals surface area contributed by atoms with Crippen molar-refractivity contribution < 1.29 is 28.2 Å². The Morgan fingerprint density at radius 3 is 1.47 bits per heavy atom. The highest BCUT2D eigenvalue weighted by molar-refractivity contribution is 7.80. The lowest BCUT2D eigenvalue weighted by Crippen LogP contribution is -2.28. The van der Waals surface area contributed by atoms with Crippen LogP contribution < -0.4 is 0 Å². The fourth-order valence-corrected chi connectivity index (χ4v) is 4.91. The van der Waals surface area contributed by atoms with E-state index in [1.165, 1.54) is 96.3 Å². The molecule has 8 heteroatoms. The van der Waals surface area contributed by atoms with Crippen LogP contribution in [0.3, 0.4) is 0 Å². The van der Waals surface area contributed by atoms with Crippen molar-refractivity contribution in [1.82, 2.24) is 0 Å². The van der Waals surface area contributed by atoms with Crippen molar-refractivity contribution in [1.29, 1.82) is 0 Å². The number of rotatable bonds is 30. The topological polar surface area (TPSA) is 78.9 Å². The maximum atomic E-state index is 12.2. The molecule has 0 amide bonds. The summed E-state index contributed by atoms with van der Waals surface area (Å²) in [6, 6.07) is 0. The molecule has 1 atom stereocenters. The van der Waals surface area contributed by atoms with Crippen LogP contribution in [0.25, 0.3) is 0 Å². The maximum Gasteiger partial charge on any atom is 0.327 e. The van der Waals surface area contributed by atoms with E-state index in [0.29, 0.717) is 12.8 Å². The summed E-state index contributed by atoms with van der Waals surface area (Å²) in [6.07, 6.45) is 25.2. The molecule has 0 aromatic heterocycles. The molecule has 0 fully saturated rings. The van der Waals surface area contributed by atoms with E-state index < -0.39 is 14.8 Å². The smallest absolute Gasteiger partial charge is 0.327 e. The van der Waals surface area contributed by atoms with Gasteiger partial charge in [0.05, 0.1) is 0 Å². The molecule has 0 N–H and O–H groups in total.